The topological polar surface area (TPSA) is 127 Å². The summed E-state index contributed by atoms with van der Waals surface area (Å²) in [4.78, 5) is 33.3. The Hall–Kier alpha value is -4.32. The van der Waals surface area contributed by atoms with Crippen LogP contribution in [-0.2, 0) is 21.9 Å². The first-order chi connectivity index (χ1) is 20.1. The number of methoxy groups -OCH3 is 1. The summed E-state index contributed by atoms with van der Waals surface area (Å²) in [6.07, 6.45) is 3.09. The molecule has 2 aliphatic rings. The van der Waals surface area contributed by atoms with Crippen LogP contribution in [0.4, 0.5) is 26.2 Å². The van der Waals surface area contributed by atoms with Crippen LogP contribution in [0, 0.1) is 0 Å². The van der Waals surface area contributed by atoms with Crippen LogP contribution in [0.15, 0.2) is 48.7 Å². The van der Waals surface area contributed by atoms with Gasteiger partial charge in [0.15, 0.2) is 0 Å². The SMILES string of the molecule is COc1cc(C(=O)NC2CCOCC2)ccc1Nc1ncc(C(C)(F)F)c(NC2Cc3ccccc3C2NC(C)=O)n1. The minimum atomic E-state index is -3.23. The Morgan fingerprint density at radius 1 is 1.10 bits per heavy atom. The van der Waals surface area contributed by atoms with Gasteiger partial charge in [0, 0.05) is 44.9 Å². The van der Waals surface area contributed by atoms with Crippen LogP contribution >= 0.6 is 0 Å². The summed E-state index contributed by atoms with van der Waals surface area (Å²) in [6.45, 7) is 3.42. The Morgan fingerprint density at radius 3 is 2.57 bits per heavy atom. The molecule has 1 fully saturated rings. The number of aromatic nitrogens is 2. The van der Waals surface area contributed by atoms with Crippen molar-refractivity contribution in [3.8, 4) is 5.75 Å². The third-order valence-corrected chi connectivity index (χ3v) is 7.44. The highest BCUT2D eigenvalue weighted by molar-refractivity contribution is 5.95. The van der Waals surface area contributed by atoms with Crippen molar-refractivity contribution < 1.29 is 27.8 Å². The van der Waals surface area contributed by atoms with Crippen molar-refractivity contribution >= 4 is 29.3 Å². The van der Waals surface area contributed by atoms with Crippen molar-refractivity contribution in [1.29, 1.82) is 0 Å². The minimum absolute atomic E-state index is 0.0440. The average Bonchev–Trinajstić information content (AvgIpc) is 3.29. The number of fused-ring (bicyclic) bond motifs is 1. The molecule has 222 valence electrons. The van der Waals surface area contributed by atoms with E-state index in [9.17, 15) is 18.4 Å². The van der Waals surface area contributed by atoms with Gasteiger partial charge in [-0.2, -0.15) is 4.98 Å². The van der Waals surface area contributed by atoms with Gasteiger partial charge >= 0.3 is 0 Å². The number of ether oxygens (including phenoxy) is 2. The Morgan fingerprint density at radius 2 is 1.86 bits per heavy atom. The summed E-state index contributed by atoms with van der Waals surface area (Å²) in [6, 6.07) is 11.7. The predicted molar refractivity (Wildman–Crippen MR) is 153 cm³/mol. The molecule has 4 N–H and O–H groups in total. The van der Waals surface area contributed by atoms with Crippen LogP contribution in [0.5, 0.6) is 5.75 Å². The fourth-order valence-corrected chi connectivity index (χ4v) is 5.34. The molecule has 2 aromatic carbocycles. The molecule has 0 bridgehead atoms. The number of hydrogen-bond acceptors (Lipinski definition) is 8. The molecule has 1 aliphatic carbocycles. The van der Waals surface area contributed by atoms with Crippen molar-refractivity contribution in [2.24, 2.45) is 0 Å². The zero-order valence-corrected chi connectivity index (χ0v) is 23.7. The molecular formula is C30H34F2N6O4. The lowest BCUT2D eigenvalue weighted by molar-refractivity contribution is -0.119. The van der Waals surface area contributed by atoms with Crippen LogP contribution < -0.4 is 26.0 Å². The number of carbonyl (C=O) groups excluding carboxylic acids is 2. The van der Waals surface area contributed by atoms with Crippen LogP contribution in [0.1, 0.15) is 59.8 Å². The van der Waals surface area contributed by atoms with Crippen molar-refractivity contribution in [3.05, 3.63) is 70.9 Å². The van der Waals surface area contributed by atoms with E-state index in [0.717, 1.165) is 37.1 Å². The lowest BCUT2D eigenvalue weighted by atomic mass is 10.1. The van der Waals surface area contributed by atoms with E-state index in [1.807, 2.05) is 24.3 Å². The van der Waals surface area contributed by atoms with E-state index in [4.69, 9.17) is 9.47 Å². The maximum atomic E-state index is 14.6. The summed E-state index contributed by atoms with van der Waals surface area (Å²) in [7, 11) is 1.47. The molecule has 0 spiro atoms. The number of carbonyl (C=O) groups is 2. The Bertz CT molecular complexity index is 1460. The molecule has 0 saturated carbocycles. The zero-order chi connectivity index (χ0) is 29.9. The van der Waals surface area contributed by atoms with E-state index in [2.05, 4.69) is 31.2 Å². The molecule has 2 amide bonds. The third-order valence-electron chi connectivity index (χ3n) is 7.44. The minimum Gasteiger partial charge on any atom is -0.495 e. The molecule has 2 unspecified atom stereocenters. The first-order valence-electron chi connectivity index (χ1n) is 13.8. The fraction of sp³-hybridized carbons (Fsp3) is 0.400. The van der Waals surface area contributed by atoms with E-state index >= 15 is 0 Å². The number of nitrogens with zero attached hydrogens (tertiary/aromatic N) is 2. The van der Waals surface area contributed by atoms with Gasteiger partial charge in [-0.25, -0.2) is 13.8 Å². The Labute approximate surface area is 242 Å². The highest BCUT2D eigenvalue weighted by Gasteiger charge is 2.36. The highest BCUT2D eigenvalue weighted by Crippen LogP contribution is 2.37. The van der Waals surface area contributed by atoms with E-state index in [-0.39, 0.29) is 35.2 Å². The number of halogens is 2. The lowest BCUT2D eigenvalue weighted by Gasteiger charge is -2.25. The summed E-state index contributed by atoms with van der Waals surface area (Å²) >= 11 is 0. The van der Waals surface area contributed by atoms with Gasteiger partial charge in [0.2, 0.25) is 11.9 Å². The van der Waals surface area contributed by atoms with Crippen molar-refractivity contribution in [3.63, 3.8) is 0 Å². The molecule has 1 aliphatic heterocycles. The number of benzene rings is 2. The number of anilines is 3. The molecule has 5 rings (SSSR count). The van der Waals surface area contributed by atoms with E-state index in [0.29, 0.717) is 36.6 Å². The van der Waals surface area contributed by atoms with Gasteiger partial charge in [0.05, 0.1) is 30.4 Å². The first kappa shape index (κ1) is 29.2. The normalized spacial score (nSPS) is 18.6. The van der Waals surface area contributed by atoms with Gasteiger partial charge in [0.1, 0.15) is 11.6 Å². The summed E-state index contributed by atoms with van der Waals surface area (Å²) < 4.78 is 40.2. The fourth-order valence-electron chi connectivity index (χ4n) is 5.34. The third kappa shape index (κ3) is 6.59. The maximum Gasteiger partial charge on any atom is 0.275 e. The molecule has 0 radical (unpaired) electrons. The molecule has 12 heteroatoms. The van der Waals surface area contributed by atoms with Crippen LogP contribution in [0.3, 0.4) is 0 Å². The molecule has 1 saturated heterocycles. The average molecular weight is 581 g/mol. The van der Waals surface area contributed by atoms with Gasteiger partial charge in [-0.3, -0.25) is 9.59 Å². The zero-order valence-electron chi connectivity index (χ0n) is 23.7. The quantitative estimate of drug-likeness (QED) is 0.292. The summed E-state index contributed by atoms with van der Waals surface area (Å²) in [5.41, 5.74) is 2.42. The van der Waals surface area contributed by atoms with Crippen LogP contribution in [0.2, 0.25) is 0 Å². The number of rotatable bonds is 9. The standard InChI is InChI=1S/C30H34F2N6O4/c1-17(39)34-26-21-7-5-4-6-18(21)14-24(26)36-27-22(30(2,31)32)16-33-29(38-27)37-23-9-8-19(15-25(23)41-3)28(40)35-20-10-12-42-13-11-20/h4-9,15-16,20,24,26H,10-14H2,1-3H3,(H,34,39)(H,35,40)(H2,33,36,37,38). The second-order valence-electron chi connectivity index (χ2n) is 10.6. The second kappa shape index (κ2) is 12.3. The van der Waals surface area contributed by atoms with Gasteiger partial charge in [-0.1, -0.05) is 24.3 Å². The second-order valence-corrected chi connectivity index (χ2v) is 10.6. The van der Waals surface area contributed by atoms with Crippen LogP contribution in [0.25, 0.3) is 0 Å². The van der Waals surface area contributed by atoms with Crippen molar-refractivity contribution in [1.82, 2.24) is 20.6 Å². The van der Waals surface area contributed by atoms with Crippen LogP contribution in [-0.4, -0.2) is 54.2 Å². The Kier molecular flexibility index (Phi) is 8.53. The van der Waals surface area contributed by atoms with Gasteiger partial charge in [-0.15, -0.1) is 0 Å². The van der Waals surface area contributed by atoms with Crippen molar-refractivity contribution in [2.45, 2.75) is 57.2 Å². The number of alkyl halides is 2. The number of amides is 2. The molecule has 3 aromatic rings. The number of hydrogen-bond donors (Lipinski definition) is 4. The smallest absolute Gasteiger partial charge is 0.275 e. The predicted octanol–water partition coefficient (Wildman–Crippen LogP) is 4.46. The maximum absolute atomic E-state index is 14.6. The van der Waals surface area contributed by atoms with E-state index < -0.39 is 18.0 Å². The molecule has 2 atom stereocenters. The van der Waals surface area contributed by atoms with Gasteiger partial charge < -0.3 is 30.7 Å². The van der Waals surface area contributed by atoms with E-state index in [1.54, 1.807) is 18.2 Å². The molecule has 2 heterocycles. The summed E-state index contributed by atoms with van der Waals surface area (Å²) in [5.74, 6) is -3.33. The first-order valence-corrected chi connectivity index (χ1v) is 13.8. The molecular weight excluding hydrogens is 546 g/mol. The number of nitrogens with one attached hydrogen (secondary N) is 4. The monoisotopic (exact) mass is 580 g/mol. The van der Waals surface area contributed by atoms with Gasteiger partial charge in [0.25, 0.3) is 11.8 Å². The summed E-state index contributed by atoms with van der Waals surface area (Å²) in [5, 5.41) is 12.1. The Balaban J connectivity index is 1.39. The van der Waals surface area contributed by atoms with E-state index in [1.165, 1.54) is 14.0 Å². The molecule has 1 aromatic heterocycles. The van der Waals surface area contributed by atoms with Gasteiger partial charge in [-0.05, 0) is 48.6 Å². The molecule has 10 nitrogen and oxygen atoms in total. The molecule has 42 heavy (non-hydrogen) atoms. The highest BCUT2D eigenvalue weighted by atomic mass is 19.3. The lowest BCUT2D eigenvalue weighted by Crippen LogP contribution is -2.38. The largest absolute Gasteiger partial charge is 0.495 e. The van der Waals surface area contributed by atoms with Crippen molar-refractivity contribution in [2.75, 3.05) is 31.0 Å².